The van der Waals surface area contributed by atoms with Crippen molar-refractivity contribution in [3.63, 3.8) is 0 Å². The quantitative estimate of drug-likeness (QED) is 0.712. The summed E-state index contributed by atoms with van der Waals surface area (Å²) >= 11 is 5.75. The second-order valence-corrected chi connectivity index (χ2v) is 7.14. The molecule has 2 aromatic carbocycles. The maximum atomic E-state index is 12.3. The minimum Gasteiger partial charge on any atom is -0.495 e. The normalized spacial score (nSPS) is 11.0. The van der Waals surface area contributed by atoms with Gasteiger partial charge in [-0.3, -0.25) is 10.2 Å². The number of aryl methyl sites for hydroxylation is 1. The lowest BCUT2D eigenvalue weighted by Gasteiger charge is -2.12. The van der Waals surface area contributed by atoms with Gasteiger partial charge in [-0.1, -0.05) is 17.7 Å². The van der Waals surface area contributed by atoms with E-state index in [1.807, 2.05) is 4.83 Å². The molecule has 2 N–H and O–H groups in total. The van der Waals surface area contributed by atoms with E-state index in [9.17, 15) is 13.2 Å². The molecule has 0 atom stereocenters. The number of benzene rings is 2. The van der Waals surface area contributed by atoms with Crippen molar-refractivity contribution in [3.8, 4) is 11.5 Å². The van der Waals surface area contributed by atoms with E-state index in [0.717, 1.165) is 5.56 Å². The van der Waals surface area contributed by atoms with E-state index in [1.54, 1.807) is 37.3 Å². The largest absolute Gasteiger partial charge is 0.495 e. The third-order valence-corrected chi connectivity index (χ3v) is 4.64. The van der Waals surface area contributed by atoms with Gasteiger partial charge >= 0.3 is 0 Å². The topological polar surface area (TPSA) is 93.7 Å². The summed E-state index contributed by atoms with van der Waals surface area (Å²) in [6.07, 6.45) is 0. The van der Waals surface area contributed by atoms with Crippen LogP contribution in [0.2, 0.25) is 5.02 Å². The van der Waals surface area contributed by atoms with Crippen LogP contribution in [0.15, 0.2) is 47.4 Å². The van der Waals surface area contributed by atoms with E-state index < -0.39 is 15.9 Å². The highest BCUT2D eigenvalue weighted by Crippen LogP contribution is 2.24. The standard InChI is InChI=1S/C16H17ClN2O5S/c1-11-3-8-14(23-2)15(9-11)25(21,22)19-18-16(20)10-24-13-6-4-12(17)5-7-13/h3-9,19H,10H2,1-2H3,(H,18,20). The van der Waals surface area contributed by atoms with Gasteiger partial charge in [-0.2, -0.15) is 0 Å². The summed E-state index contributed by atoms with van der Waals surface area (Å²) in [5.41, 5.74) is 2.83. The van der Waals surface area contributed by atoms with Gasteiger partial charge in [0.25, 0.3) is 15.9 Å². The minimum absolute atomic E-state index is 0.0751. The first-order chi connectivity index (χ1) is 11.8. The van der Waals surface area contributed by atoms with Gasteiger partial charge in [0, 0.05) is 5.02 Å². The van der Waals surface area contributed by atoms with Gasteiger partial charge < -0.3 is 9.47 Å². The highest BCUT2D eigenvalue weighted by molar-refractivity contribution is 7.89. The molecule has 0 bridgehead atoms. The second-order valence-electron chi connectivity index (χ2n) is 5.05. The molecule has 0 aliphatic carbocycles. The average molecular weight is 385 g/mol. The smallest absolute Gasteiger partial charge is 0.272 e. The Morgan fingerprint density at radius 2 is 1.84 bits per heavy atom. The number of carbonyl (C=O) groups excluding carboxylic acids is 1. The number of hydrogen-bond donors (Lipinski definition) is 2. The van der Waals surface area contributed by atoms with Gasteiger partial charge in [-0.15, -0.1) is 4.83 Å². The molecule has 2 rings (SSSR count). The fourth-order valence-corrected chi connectivity index (χ4v) is 3.13. The number of amides is 1. The fraction of sp³-hybridized carbons (Fsp3) is 0.188. The molecule has 0 fully saturated rings. The summed E-state index contributed by atoms with van der Waals surface area (Å²) in [4.78, 5) is 13.7. The monoisotopic (exact) mass is 384 g/mol. The molecule has 0 saturated carbocycles. The molecular weight excluding hydrogens is 368 g/mol. The van der Waals surface area contributed by atoms with Gasteiger partial charge in [0.1, 0.15) is 16.4 Å². The summed E-state index contributed by atoms with van der Waals surface area (Å²) < 4.78 is 34.9. The zero-order chi connectivity index (χ0) is 18.4. The number of ether oxygens (including phenoxy) is 2. The molecule has 7 nitrogen and oxygen atoms in total. The predicted octanol–water partition coefficient (Wildman–Crippen LogP) is 2.05. The first-order valence-corrected chi connectivity index (χ1v) is 9.01. The number of nitrogens with one attached hydrogen (secondary N) is 2. The second kappa shape index (κ2) is 8.19. The molecule has 134 valence electrons. The Labute approximate surface area is 150 Å². The third-order valence-electron chi connectivity index (χ3n) is 3.12. The Bertz CT molecular complexity index is 853. The maximum absolute atomic E-state index is 12.3. The van der Waals surface area contributed by atoms with E-state index in [4.69, 9.17) is 21.1 Å². The van der Waals surface area contributed by atoms with Crippen LogP contribution in [-0.2, 0) is 14.8 Å². The van der Waals surface area contributed by atoms with E-state index in [1.165, 1.54) is 19.2 Å². The Balaban J connectivity index is 1.96. The summed E-state index contributed by atoms with van der Waals surface area (Å²) in [5, 5.41) is 0.539. The number of carbonyl (C=O) groups is 1. The van der Waals surface area contributed by atoms with Crippen LogP contribution in [-0.4, -0.2) is 28.0 Å². The first kappa shape index (κ1) is 19.0. The molecular formula is C16H17ClN2O5S. The van der Waals surface area contributed by atoms with Crippen LogP contribution in [0.4, 0.5) is 0 Å². The zero-order valence-electron chi connectivity index (χ0n) is 13.6. The van der Waals surface area contributed by atoms with Crippen molar-refractivity contribution >= 4 is 27.5 Å². The van der Waals surface area contributed by atoms with Crippen molar-refractivity contribution in [1.29, 1.82) is 0 Å². The van der Waals surface area contributed by atoms with Crippen LogP contribution in [0, 0.1) is 6.92 Å². The summed E-state index contributed by atoms with van der Waals surface area (Å²) in [6, 6.07) is 11.1. The predicted molar refractivity (Wildman–Crippen MR) is 93.1 cm³/mol. The van der Waals surface area contributed by atoms with E-state index in [0.29, 0.717) is 10.8 Å². The molecule has 0 saturated heterocycles. The van der Waals surface area contributed by atoms with Crippen molar-refractivity contribution in [1.82, 2.24) is 10.3 Å². The van der Waals surface area contributed by atoms with Gasteiger partial charge in [0.05, 0.1) is 7.11 Å². The Hall–Kier alpha value is -2.29. The number of hydrogen-bond acceptors (Lipinski definition) is 5. The van der Waals surface area contributed by atoms with Crippen molar-refractivity contribution < 1.29 is 22.7 Å². The molecule has 0 heterocycles. The van der Waals surface area contributed by atoms with Crippen LogP contribution >= 0.6 is 11.6 Å². The van der Waals surface area contributed by atoms with E-state index in [-0.39, 0.29) is 17.3 Å². The van der Waals surface area contributed by atoms with Crippen molar-refractivity contribution in [2.45, 2.75) is 11.8 Å². The van der Waals surface area contributed by atoms with Gasteiger partial charge in [-0.25, -0.2) is 8.42 Å². The van der Waals surface area contributed by atoms with Crippen LogP contribution < -0.4 is 19.7 Å². The molecule has 1 amide bonds. The lowest BCUT2D eigenvalue weighted by atomic mass is 10.2. The molecule has 2 aromatic rings. The highest BCUT2D eigenvalue weighted by atomic mass is 35.5. The third kappa shape index (κ3) is 5.35. The number of halogens is 1. The number of methoxy groups -OCH3 is 1. The van der Waals surface area contributed by atoms with Crippen molar-refractivity contribution in [2.75, 3.05) is 13.7 Å². The van der Waals surface area contributed by atoms with Crippen LogP contribution in [0.1, 0.15) is 5.56 Å². The Morgan fingerprint density at radius 3 is 2.48 bits per heavy atom. The molecule has 0 aliphatic rings. The molecule has 0 aliphatic heterocycles. The molecule has 9 heteroatoms. The molecule has 0 radical (unpaired) electrons. The zero-order valence-corrected chi connectivity index (χ0v) is 15.1. The average Bonchev–Trinajstić information content (AvgIpc) is 2.59. The van der Waals surface area contributed by atoms with Crippen LogP contribution in [0.3, 0.4) is 0 Å². The van der Waals surface area contributed by atoms with E-state index >= 15 is 0 Å². The van der Waals surface area contributed by atoms with Gasteiger partial charge in [0.15, 0.2) is 6.61 Å². The number of rotatable bonds is 7. The number of sulfonamides is 1. The maximum Gasteiger partial charge on any atom is 0.272 e. The SMILES string of the molecule is COc1ccc(C)cc1S(=O)(=O)NNC(=O)COc1ccc(Cl)cc1. The molecule has 0 unspecified atom stereocenters. The van der Waals surface area contributed by atoms with Crippen LogP contribution in [0.25, 0.3) is 0 Å². The van der Waals surface area contributed by atoms with E-state index in [2.05, 4.69) is 5.43 Å². The van der Waals surface area contributed by atoms with Crippen molar-refractivity contribution in [2.24, 2.45) is 0 Å². The van der Waals surface area contributed by atoms with Gasteiger partial charge in [0.2, 0.25) is 0 Å². The number of hydrazine groups is 1. The lowest BCUT2D eigenvalue weighted by Crippen LogP contribution is -2.43. The summed E-state index contributed by atoms with van der Waals surface area (Å²) in [7, 11) is -2.63. The fourth-order valence-electron chi connectivity index (χ4n) is 1.89. The molecule has 0 spiro atoms. The first-order valence-electron chi connectivity index (χ1n) is 7.15. The highest BCUT2D eigenvalue weighted by Gasteiger charge is 2.20. The van der Waals surface area contributed by atoms with Gasteiger partial charge in [-0.05, 0) is 48.9 Å². The molecule has 25 heavy (non-hydrogen) atoms. The lowest BCUT2D eigenvalue weighted by molar-refractivity contribution is -0.123. The van der Waals surface area contributed by atoms with Crippen LogP contribution in [0.5, 0.6) is 11.5 Å². The Morgan fingerprint density at radius 1 is 1.16 bits per heavy atom. The summed E-state index contributed by atoms with van der Waals surface area (Å²) in [5.74, 6) is -0.0577. The van der Waals surface area contributed by atoms with Crippen molar-refractivity contribution in [3.05, 3.63) is 53.1 Å². The summed E-state index contributed by atoms with van der Waals surface area (Å²) in [6.45, 7) is 1.38. The Kier molecular flexibility index (Phi) is 6.24. The molecule has 0 aromatic heterocycles. The minimum atomic E-state index is -3.99.